The molecule has 1 atom stereocenters. The molecule has 1 saturated carbocycles. The van der Waals surface area contributed by atoms with Crippen LogP contribution in [0.3, 0.4) is 0 Å². The Hall–Kier alpha value is -1.02. The lowest BCUT2D eigenvalue weighted by Gasteiger charge is -2.27. The van der Waals surface area contributed by atoms with Crippen molar-refractivity contribution >= 4 is 5.69 Å². The molecule has 0 bridgehead atoms. The molecule has 1 aromatic rings. The zero-order chi connectivity index (χ0) is 13.2. The smallest absolute Gasteiger partial charge is 0.0435 e. The summed E-state index contributed by atoms with van der Waals surface area (Å²) in [7, 11) is 0. The van der Waals surface area contributed by atoms with Gasteiger partial charge in [-0.3, -0.25) is 0 Å². The number of hydrogen-bond donors (Lipinski definition) is 1. The molecule has 3 rings (SSSR count). The van der Waals surface area contributed by atoms with Gasteiger partial charge in [-0.25, -0.2) is 0 Å². The lowest BCUT2D eigenvalue weighted by molar-refractivity contribution is 0.537. The predicted octanol–water partition coefficient (Wildman–Crippen LogP) is 3.30. The average molecular weight is 258 g/mol. The Morgan fingerprint density at radius 3 is 2.84 bits per heavy atom. The van der Waals surface area contributed by atoms with Gasteiger partial charge in [0.15, 0.2) is 0 Å². The molecule has 0 saturated heterocycles. The molecule has 1 aliphatic carbocycles. The molecule has 1 aromatic carbocycles. The number of hydrogen-bond acceptors (Lipinski definition) is 2. The van der Waals surface area contributed by atoms with Crippen molar-refractivity contribution < 1.29 is 0 Å². The van der Waals surface area contributed by atoms with Crippen molar-refractivity contribution in [3.63, 3.8) is 0 Å². The van der Waals surface area contributed by atoms with Crippen molar-refractivity contribution in [2.45, 2.75) is 44.9 Å². The fourth-order valence-corrected chi connectivity index (χ4v) is 3.78. The summed E-state index contributed by atoms with van der Waals surface area (Å²) >= 11 is 0. The molecule has 0 radical (unpaired) electrons. The highest BCUT2D eigenvalue weighted by molar-refractivity contribution is 5.64. The van der Waals surface area contributed by atoms with E-state index in [-0.39, 0.29) is 0 Å². The highest BCUT2D eigenvalue weighted by Crippen LogP contribution is 2.37. The van der Waals surface area contributed by atoms with Crippen LogP contribution in [0, 0.1) is 5.92 Å². The van der Waals surface area contributed by atoms with E-state index in [9.17, 15) is 0 Å². The topological polar surface area (TPSA) is 29.3 Å². The Labute approximate surface area is 117 Å². The first-order valence-electron chi connectivity index (χ1n) is 7.86. The first-order valence-corrected chi connectivity index (χ1v) is 7.86. The van der Waals surface area contributed by atoms with Crippen molar-refractivity contribution in [3.05, 3.63) is 29.3 Å². The summed E-state index contributed by atoms with van der Waals surface area (Å²) in [6, 6.07) is 6.79. The summed E-state index contributed by atoms with van der Waals surface area (Å²) in [5.41, 5.74) is 10.4. The zero-order valence-corrected chi connectivity index (χ0v) is 12.1. The van der Waals surface area contributed by atoms with Crippen LogP contribution < -0.4 is 10.6 Å². The maximum atomic E-state index is 5.89. The molecule has 0 amide bonds. The maximum Gasteiger partial charge on any atom is 0.0435 e. The first-order chi connectivity index (χ1) is 9.29. The lowest BCUT2D eigenvalue weighted by Crippen LogP contribution is -2.28. The molecular formula is C17H26N2. The maximum absolute atomic E-state index is 5.89. The molecule has 2 aliphatic rings. The molecule has 2 heteroatoms. The van der Waals surface area contributed by atoms with Gasteiger partial charge in [0.1, 0.15) is 0 Å². The summed E-state index contributed by atoms with van der Waals surface area (Å²) in [5.74, 6) is 1.39. The summed E-state index contributed by atoms with van der Waals surface area (Å²) in [4.78, 5) is 2.65. The summed E-state index contributed by atoms with van der Waals surface area (Å²) < 4.78 is 0. The van der Waals surface area contributed by atoms with Crippen molar-refractivity contribution in [1.29, 1.82) is 0 Å². The molecule has 1 aliphatic heterocycles. The standard InChI is InChI=1S/C17H26N2/c1-13(11-18)16-8-4-7-15-9-10-19(17(15)16)12-14-5-2-3-6-14/h4,7-8,13-14H,2-3,5-6,9-12,18H2,1H3. The Kier molecular flexibility index (Phi) is 3.79. The summed E-state index contributed by atoms with van der Waals surface area (Å²) in [5, 5.41) is 0. The second-order valence-corrected chi connectivity index (χ2v) is 6.34. The minimum atomic E-state index is 0.471. The van der Waals surface area contributed by atoms with Gasteiger partial charge in [-0.05, 0) is 48.8 Å². The van der Waals surface area contributed by atoms with E-state index in [1.54, 1.807) is 0 Å². The molecule has 1 fully saturated rings. The molecule has 2 nitrogen and oxygen atoms in total. The third-order valence-electron chi connectivity index (χ3n) is 4.96. The van der Waals surface area contributed by atoms with Crippen LogP contribution in [0.4, 0.5) is 5.69 Å². The highest BCUT2D eigenvalue weighted by Gasteiger charge is 2.27. The van der Waals surface area contributed by atoms with Gasteiger partial charge in [-0.2, -0.15) is 0 Å². The van der Waals surface area contributed by atoms with Crippen LogP contribution in [0.5, 0.6) is 0 Å². The van der Waals surface area contributed by atoms with E-state index in [0.29, 0.717) is 5.92 Å². The lowest BCUT2D eigenvalue weighted by atomic mass is 9.96. The zero-order valence-electron chi connectivity index (χ0n) is 12.1. The van der Waals surface area contributed by atoms with Crippen molar-refractivity contribution in [1.82, 2.24) is 0 Å². The quantitative estimate of drug-likeness (QED) is 0.898. The van der Waals surface area contributed by atoms with E-state index in [0.717, 1.165) is 12.5 Å². The number of rotatable bonds is 4. The van der Waals surface area contributed by atoms with E-state index in [1.807, 2.05) is 0 Å². The van der Waals surface area contributed by atoms with Crippen LogP contribution in [-0.2, 0) is 6.42 Å². The molecule has 1 unspecified atom stereocenters. The van der Waals surface area contributed by atoms with Crippen molar-refractivity contribution in [3.8, 4) is 0 Å². The number of anilines is 1. The van der Waals surface area contributed by atoms with E-state index < -0.39 is 0 Å². The van der Waals surface area contributed by atoms with Crippen LogP contribution in [0.15, 0.2) is 18.2 Å². The monoisotopic (exact) mass is 258 g/mol. The number of benzene rings is 1. The molecule has 2 N–H and O–H groups in total. The SMILES string of the molecule is CC(CN)c1cccc2c1N(CC1CCCC1)CC2. The van der Waals surface area contributed by atoms with Crippen LogP contribution >= 0.6 is 0 Å². The van der Waals surface area contributed by atoms with E-state index in [1.165, 1.54) is 62.0 Å². The van der Waals surface area contributed by atoms with Crippen molar-refractivity contribution in [2.24, 2.45) is 11.7 Å². The van der Waals surface area contributed by atoms with Gasteiger partial charge in [-0.15, -0.1) is 0 Å². The Morgan fingerprint density at radius 1 is 1.32 bits per heavy atom. The highest BCUT2D eigenvalue weighted by atomic mass is 15.2. The van der Waals surface area contributed by atoms with E-state index in [4.69, 9.17) is 5.73 Å². The Morgan fingerprint density at radius 2 is 2.11 bits per heavy atom. The molecule has 104 valence electrons. The molecule has 0 aromatic heterocycles. The molecular weight excluding hydrogens is 232 g/mol. The first kappa shape index (κ1) is 13.0. The van der Waals surface area contributed by atoms with Crippen LogP contribution in [0.1, 0.15) is 49.7 Å². The Balaban J connectivity index is 1.84. The van der Waals surface area contributed by atoms with Gasteiger partial charge in [0, 0.05) is 18.8 Å². The number of nitrogens with two attached hydrogens (primary N) is 1. The van der Waals surface area contributed by atoms with Gasteiger partial charge in [0.25, 0.3) is 0 Å². The van der Waals surface area contributed by atoms with Crippen LogP contribution in [0.2, 0.25) is 0 Å². The minimum Gasteiger partial charge on any atom is -0.370 e. The van der Waals surface area contributed by atoms with E-state index >= 15 is 0 Å². The third kappa shape index (κ3) is 2.51. The summed E-state index contributed by atoms with van der Waals surface area (Å²) in [6.07, 6.45) is 6.95. The van der Waals surface area contributed by atoms with Crippen LogP contribution in [0.25, 0.3) is 0 Å². The predicted molar refractivity (Wildman–Crippen MR) is 81.8 cm³/mol. The second kappa shape index (κ2) is 5.54. The molecule has 1 heterocycles. The number of fused-ring (bicyclic) bond motifs is 1. The van der Waals surface area contributed by atoms with E-state index in [2.05, 4.69) is 30.0 Å². The van der Waals surface area contributed by atoms with Gasteiger partial charge in [0.05, 0.1) is 0 Å². The number of nitrogens with zero attached hydrogens (tertiary/aromatic N) is 1. The minimum absolute atomic E-state index is 0.471. The largest absolute Gasteiger partial charge is 0.370 e. The Bertz CT molecular complexity index is 435. The van der Waals surface area contributed by atoms with Gasteiger partial charge >= 0.3 is 0 Å². The fraction of sp³-hybridized carbons (Fsp3) is 0.647. The molecule has 0 spiro atoms. The fourth-order valence-electron chi connectivity index (χ4n) is 3.78. The number of para-hydroxylation sites is 1. The average Bonchev–Trinajstić information content (AvgIpc) is 3.08. The van der Waals surface area contributed by atoms with Gasteiger partial charge in [0.2, 0.25) is 0 Å². The second-order valence-electron chi connectivity index (χ2n) is 6.34. The van der Waals surface area contributed by atoms with Crippen molar-refractivity contribution in [2.75, 3.05) is 24.5 Å². The molecule has 19 heavy (non-hydrogen) atoms. The summed E-state index contributed by atoms with van der Waals surface area (Å²) in [6.45, 7) is 5.47. The van der Waals surface area contributed by atoms with Crippen LogP contribution in [-0.4, -0.2) is 19.6 Å². The van der Waals surface area contributed by atoms with Gasteiger partial charge < -0.3 is 10.6 Å². The normalized spacial score (nSPS) is 20.8. The third-order valence-corrected chi connectivity index (χ3v) is 4.96. The van der Waals surface area contributed by atoms with Gasteiger partial charge in [-0.1, -0.05) is 38.0 Å².